The van der Waals surface area contributed by atoms with E-state index >= 15 is 0 Å². The van der Waals surface area contributed by atoms with Gasteiger partial charge in [-0.15, -0.1) is 0 Å². The van der Waals surface area contributed by atoms with Crippen molar-refractivity contribution >= 4 is 5.91 Å². The summed E-state index contributed by atoms with van der Waals surface area (Å²) in [6, 6.07) is 0.371. The van der Waals surface area contributed by atoms with Crippen LogP contribution in [0.4, 0.5) is 0 Å². The molecule has 0 aromatic carbocycles. The van der Waals surface area contributed by atoms with E-state index in [9.17, 15) is 4.79 Å². The van der Waals surface area contributed by atoms with Gasteiger partial charge in [0.2, 0.25) is 5.91 Å². The van der Waals surface area contributed by atoms with Gasteiger partial charge in [0.25, 0.3) is 0 Å². The third-order valence-electron chi connectivity index (χ3n) is 3.28. The molecule has 0 aromatic heterocycles. The Hall–Kier alpha value is -0.610. The molecule has 2 fully saturated rings. The van der Waals surface area contributed by atoms with E-state index in [1.807, 2.05) is 0 Å². The van der Waals surface area contributed by atoms with Crippen LogP contribution in [0.25, 0.3) is 0 Å². The molecule has 0 aromatic rings. The fraction of sp³-hybridized carbons (Fsp3) is 0.909. The zero-order valence-corrected chi connectivity index (χ0v) is 9.30. The van der Waals surface area contributed by atoms with E-state index < -0.39 is 0 Å². The Bertz CT molecular complexity index is 208. The van der Waals surface area contributed by atoms with E-state index in [1.54, 1.807) is 0 Å². The molecule has 2 saturated heterocycles. The Morgan fingerprint density at radius 2 is 2.20 bits per heavy atom. The van der Waals surface area contributed by atoms with Crippen molar-refractivity contribution in [3.8, 4) is 0 Å². The van der Waals surface area contributed by atoms with Crippen LogP contribution in [-0.2, 0) is 4.79 Å². The summed E-state index contributed by atoms with van der Waals surface area (Å²) in [6.45, 7) is 5.27. The molecule has 2 aliphatic heterocycles. The smallest absolute Gasteiger partial charge is 0.221 e. The second-order valence-corrected chi connectivity index (χ2v) is 4.56. The van der Waals surface area contributed by atoms with Gasteiger partial charge in [-0.25, -0.2) is 0 Å². The lowest BCUT2D eigenvalue weighted by Gasteiger charge is -2.15. The molecule has 2 heterocycles. The van der Waals surface area contributed by atoms with E-state index in [-0.39, 0.29) is 5.91 Å². The molecule has 0 unspecified atom stereocenters. The Kier molecular flexibility index (Phi) is 3.97. The molecular formula is C11H21N3O. The maximum absolute atomic E-state index is 11.6. The molecule has 15 heavy (non-hydrogen) atoms. The van der Waals surface area contributed by atoms with Crippen molar-refractivity contribution in [3.05, 3.63) is 0 Å². The third-order valence-corrected chi connectivity index (χ3v) is 3.28. The van der Waals surface area contributed by atoms with E-state index in [1.165, 1.54) is 25.9 Å². The van der Waals surface area contributed by atoms with Crippen LogP contribution in [0.3, 0.4) is 0 Å². The number of carbonyl (C=O) groups is 1. The number of likely N-dealkylation sites (tertiary alicyclic amines) is 1. The number of rotatable bonds is 4. The SMILES string of the molecule is O=C(CCN1CCCC1)N[C@H]1CCNC1. The fourth-order valence-corrected chi connectivity index (χ4v) is 2.34. The second-order valence-electron chi connectivity index (χ2n) is 4.56. The first-order valence-electron chi connectivity index (χ1n) is 6.07. The molecule has 0 aliphatic carbocycles. The molecule has 1 atom stereocenters. The maximum Gasteiger partial charge on any atom is 0.221 e. The van der Waals surface area contributed by atoms with Gasteiger partial charge in [0.15, 0.2) is 0 Å². The summed E-state index contributed by atoms with van der Waals surface area (Å²) in [7, 11) is 0. The van der Waals surface area contributed by atoms with Gasteiger partial charge in [-0.2, -0.15) is 0 Å². The summed E-state index contributed by atoms with van der Waals surface area (Å²) in [5, 5.41) is 6.32. The average Bonchev–Trinajstić information content (AvgIpc) is 2.86. The molecule has 2 N–H and O–H groups in total. The number of amides is 1. The van der Waals surface area contributed by atoms with Gasteiger partial charge in [0, 0.05) is 25.6 Å². The minimum atomic E-state index is 0.218. The maximum atomic E-state index is 11.6. The molecule has 0 bridgehead atoms. The molecule has 86 valence electrons. The van der Waals surface area contributed by atoms with Crippen LogP contribution in [0.1, 0.15) is 25.7 Å². The molecular weight excluding hydrogens is 190 g/mol. The van der Waals surface area contributed by atoms with Gasteiger partial charge >= 0.3 is 0 Å². The molecule has 0 radical (unpaired) electrons. The van der Waals surface area contributed by atoms with Crippen LogP contribution < -0.4 is 10.6 Å². The van der Waals surface area contributed by atoms with Crippen molar-refractivity contribution in [1.82, 2.24) is 15.5 Å². The number of hydrogen-bond donors (Lipinski definition) is 2. The van der Waals surface area contributed by atoms with Gasteiger partial charge in [0.05, 0.1) is 0 Å². The van der Waals surface area contributed by atoms with Gasteiger partial charge in [-0.1, -0.05) is 0 Å². The van der Waals surface area contributed by atoms with Crippen molar-refractivity contribution in [1.29, 1.82) is 0 Å². The van der Waals surface area contributed by atoms with E-state index in [0.29, 0.717) is 12.5 Å². The van der Waals surface area contributed by atoms with Crippen LogP contribution in [-0.4, -0.2) is 49.6 Å². The van der Waals surface area contributed by atoms with Crippen LogP contribution in [0.5, 0.6) is 0 Å². The molecule has 4 heteroatoms. The zero-order valence-electron chi connectivity index (χ0n) is 9.30. The van der Waals surface area contributed by atoms with E-state index in [0.717, 1.165) is 26.1 Å². The van der Waals surface area contributed by atoms with Gasteiger partial charge in [-0.05, 0) is 38.9 Å². The first kappa shape index (κ1) is 10.9. The van der Waals surface area contributed by atoms with Crippen molar-refractivity contribution < 1.29 is 4.79 Å². The monoisotopic (exact) mass is 211 g/mol. The van der Waals surface area contributed by atoms with Crippen molar-refractivity contribution in [3.63, 3.8) is 0 Å². The van der Waals surface area contributed by atoms with Crippen molar-refractivity contribution in [2.24, 2.45) is 0 Å². The number of hydrogen-bond acceptors (Lipinski definition) is 3. The standard InChI is InChI=1S/C11H21N3O/c15-11(13-10-3-5-12-9-10)4-8-14-6-1-2-7-14/h10,12H,1-9H2,(H,13,15)/t10-/m0/s1. The van der Waals surface area contributed by atoms with Gasteiger partial charge in [0.1, 0.15) is 0 Å². The minimum absolute atomic E-state index is 0.218. The molecule has 2 rings (SSSR count). The van der Waals surface area contributed by atoms with Crippen molar-refractivity contribution in [2.75, 3.05) is 32.7 Å². The molecule has 2 aliphatic rings. The summed E-state index contributed by atoms with van der Waals surface area (Å²) in [6.07, 6.45) is 4.34. The van der Waals surface area contributed by atoms with Crippen molar-refractivity contribution in [2.45, 2.75) is 31.7 Å². The third kappa shape index (κ3) is 3.47. The Balaban J connectivity index is 1.59. The molecule has 0 spiro atoms. The number of nitrogens with one attached hydrogen (secondary N) is 2. The van der Waals surface area contributed by atoms with Crippen LogP contribution in [0.15, 0.2) is 0 Å². The first-order chi connectivity index (χ1) is 7.34. The molecule has 4 nitrogen and oxygen atoms in total. The normalized spacial score (nSPS) is 27.1. The zero-order chi connectivity index (χ0) is 10.5. The van der Waals surface area contributed by atoms with Gasteiger partial charge in [-0.3, -0.25) is 4.79 Å². The highest BCUT2D eigenvalue weighted by molar-refractivity contribution is 5.76. The van der Waals surface area contributed by atoms with Crippen LogP contribution >= 0.6 is 0 Å². The highest BCUT2D eigenvalue weighted by Gasteiger charge is 2.17. The van der Waals surface area contributed by atoms with Gasteiger partial charge < -0.3 is 15.5 Å². The predicted octanol–water partition coefficient (Wildman–Crippen LogP) is -0.0496. The Morgan fingerprint density at radius 3 is 2.87 bits per heavy atom. The second kappa shape index (κ2) is 5.47. The quantitative estimate of drug-likeness (QED) is 0.685. The summed E-state index contributed by atoms with van der Waals surface area (Å²) in [4.78, 5) is 14.0. The molecule has 0 saturated carbocycles. The predicted molar refractivity (Wildman–Crippen MR) is 59.7 cm³/mol. The van der Waals surface area contributed by atoms with E-state index in [2.05, 4.69) is 15.5 Å². The topological polar surface area (TPSA) is 44.4 Å². The van der Waals surface area contributed by atoms with Crippen LogP contribution in [0.2, 0.25) is 0 Å². The lowest BCUT2D eigenvalue weighted by atomic mass is 10.2. The minimum Gasteiger partial charge on any atom is -0.352 e. The Labute approximate surface area is 91.4 Å². The summed E-state index contributed by atoms with van der Waals surface area (Å²) >= 11 is 0. The lowest BCUT2D eigenvalue weighted by molar-refractivity contribution is -0.121. The summed E-state index contributed by atoms with van der Waals surface area (Å²) < 4.78 is 0. The first-order valence-corrected chi connectivity index (χ1v) is 6.07. The number of nitrogens with zero attached hydrogens (tertiary/aromatic N) is 1. The lowest BCUT2D eigenvalue weighted by Crippen LogP contribution is -2.37. The molecule has 1 amide bonds. The Morgan fingerprint density at radius 1 is 1.40 bits per heavy atom. The number of carbonyl (C=O) groups excluding carboxylic acids is 1. The van der Waals surface area contributed by atoms with Crippen LogP contribution in [0, 0.1) is 0 Å². The highest BCUT2D eigenvalue weighted by atomic mass is 16.1. The van der Waals surface area contributed by atoms with E-state index in [4.69, 9.17) is 0 Å². The summed E-state index contributed by atoms with van der Waals surface area (Å²) in [5.41, 5.74) is 0. The summed E-state index contributed by atoms with van der Waals surface area (Å²) in [5.74, 6) is 0.218. The largest absolute Gasteiger partial charge is 0.352 e. The highest BCUT2D eigenvalue weighted by Crippen LogP contribution is 2.07. The average molecular weight is 211 g/mol. The fourth-order valence-electron chi connectivity index (χ4n) is 2.34.